The summed E-state index contributed by atoms with van der Waals surface area (Å²) in [5.74, 6) is 0.217. The maximum absolute atomic E-state index is 12.6. The lowest BCUT2D eigenvalue weighted by atomic mass is 10.2. The summed E-state index contributed by atoms with van der Waals surface area (Å²) in [6, 6.07) is 9.30. The number of aromatic nitrogens is 8. The van der Waals surface area contributed by atoms with Gasteiger partial charge in [0.05, 0.1) is 0 Å². The maximum Gasteiger partial charge on any atom is 0.330 e. The molecule has 0 bridgehead atoms. The normalized spacial score (nSPS) is 11.2. The molecule has 178 valence electrons. The van der Waals surface area contributed by atoms with Gasteiger partial charge in [-0.3, -0.25) is 14.3 Å². The Hall–Kier alpha value is -4.09. The van der Waals surface area contributed by atoms with E-state index in [1.165, 1.54) is 4.57 Å². The highest BCUT2D eigenvalue weighted by Crippen LogP contribution is 2.15. The predicted octanol–water partition coefficient (Wildman–Crippen LogP) is 1.49. The van der Waals surface area contributed by atoms with Gasteiger partial charge in [0, 0.05) is 18.7 Å². The minimum Gasteiger partial charge on any atom is -0.456 e. The van der Waals surface area contributed by atoms with Crippen LogP contribution in [0.4, 0.5) is 0 Å². The lowest BCUT2D eigenvalue weighted by Crippen LogP contribution is -2.31. The number of aromatic amines is 1. The van der Waals surface area contributed by atoms with Crippen LogP contribution in [0, 0.1) is 0 Å². The molecular weight excluding hydrogens is 440 g/mol. The van der Waals surface area contributed by atoms with E-state index in [0.29, 0.717) is 35.9 Å². The van der Waals surface area contributed by atoms with E-state index >= 15 is 0 Å². The Labute approximate surface area is 194 Å². The summed E-state index contributed by atoms with van der Waals surface area (Å²) >= 11 is 0. The first-order valence-corrected chi connectivity index (χ1v) is 11.2. The monoisotopic (exact) mass is 466 g/mol. The quantitative estimate of drug-likeness (QED) is 0.346. The topological polar surface area (TPSA) is 143 Å². The summed E-state index contributed by atoms with van der Waals surface area (Å²) in [5, 5.41) is 12.1. The lowest BCUT2D eigenvalue weighted by molar-refractivity contribution is -0.146. The maximum atomic E-state index is 12.6. The number of benzene rings is 1. The average molecular weight is 467 g/mol. The first kappa shape index (κ1) is 23.1. The molecule has 1 N–H and O–H groups in total. The van der Waals surface area contributed by atoms with Gasteiger partial charge in [-0.2, -0.15) is 4.80 Å². The zero-order chi connectivity index (χ0) is 24.1. The summed E-state index contributed by atoms with van der Waals surface area (Å²) < 4.78 is 8.56. The number of H-pyrrole nitrogens is 1. The third kappa shape index (κ3) is 4.80. The molecule has 0 atom stereocenters. The average Bonchev–Trinajstić information content (AvgIpc) is 3.44. The number of carbonyl (C=O) groups is 1. The van der Waals surface area contributed by atoms with Crippen molar-refractivity contribution in [3.8, 4) is 11.4 Å². The highest BCUT2D eigenvalue weighted by Gasteiger charge is 2.19. The molecule has 0 amide bonds. The van der Waals surface area contributed by atoms with Gasteiger partial charge in [-0.05, 0) is 18.1 Å². The predicted molar refractivity (Wildman–Crippen MR) is 123 cm³/mol. The number of carbonyl (C=O) groups excluding carboxylic acids is 1. The number of rotatable bonds is 10. The van der Waals surface area contributed by atoms with Crippen LogP contribution in [0.1, 0.15) is 38.9 Å². The third-order valence-electron chi connectivity index (χ3n) is 5.26. The number of unbranched alkanes of at least 4 members (excludes halogenated alkanes) is 1. The number of hydrogen-bond donors (Lipinski definition) is 1. The Balaban J connectivity index is 1.53. The van der Waals surface area contributed by atoms with E-state index in [0.717, 1.165) is 29.6 Å². The molecule has 12 nitrogen and oxygen atoms in total. The second-order valence-electron chi connectivity index (χ2n) is 7.79. The van der Waals surface area contributed by atoms with Crippen molar-refractivity contribution in [3.63, 3.8) is 0 Å². The van der Waals surface area contributed by atoms with Crippen molar-refractivity contribution in [2.24, 2.45) is 0 Å². The first-order valence-electron chi connectivity index (χ1n) is 11.2. The van der Waals surface area contributed by atoms with Crippen LogP contribution in [-0.4, -0.2) is 45.3 Å². The van der Waals surface area contributed by atoms with Gasteiger partial charge in [-0.25, -0.2) is 14.6 Å². The first-order chi connectivity index (χ1) is 16.5. The molecule has 0 fully saturated rings. The summed E-state index contributed by atoms with van der Waals surface area (Å²) in [5.41, 5.74) is 0.379. The largest absolute Gasteiger partial charge is 0.456 e. The number of hydrogen-bond acceptors (Lipinski definition) is 8. The van der Waals surface area contributed by atoms with E-state index in [4.69, 9.17) is 4.74 Å². The van der Waals surface area contributed by atoms with E-state index < -0.39 is 17.2 Å². The van der Waals surface area contributed by atoms with Crippen molar-refractivity contribution in [3.05, 3.63) is 57.0 Å². The van der Waals surface area contributed by atoms with Crippen LogP contribution in [0.2, 0.25) is 0 Å². The Morgan fingerprint density at radius 1 is 1.06 bits per heavy atom. The second-order valence-corrected chi connectivity index (χ2v) is 7.79. The van der Waals surface area contributed by atoms with Crippen LogP contribution in [0.5, 0.6) is 0 Å². The molecular formula is C22H26N8O4. The fraction of sp³-hybridized carbons (Fsp3) is 0.409. The molecule has 0 saturated carbocycles. The van der Waals surface area contributed by atoms with Gasteiger partial charge in [0.1, 0.15) is 12.4 Å². The number of tetrazole rings is 1. The molecule has 4 aromatic rings. The summed E-state index contributed by atoms with van der Waals surface area (Å²) in [7, 11) is 0. The zero-order valence-electron chi connectivity index (χ0n) is 19.1. The third-order valence-corrected chi connectivity index (χ3v) is 5.26. The van der Waals surface area contributed by atoms with Crippen molar-refractivity contribution in [2.45, 2.75) is 59.4 Å². The van der Waals surface area contributed by atoms with Gasteiger partial charge in [0.25, 0.3) is 5.56 Å². The van der Waals surface area contributed by atoms with Crippen LogP contribution < -0.4 is 11.2 Å². The van der Waals surface area contributed by atoms with Gasteiger partial charge in [0.2, 0.25) is 5.82 Å². The Bertz CT molecular complexity index is 1400. The molecule has 0 unspecified atom stereocenters. The zero-order valence-corrected chi connectivity index (χ0v) is 19.1. The second kappa shape index (κ2) is 10.2. The fourth-order valence-electron chi connectivity index (χ4n) is 3.64. The van der Waals surface area contributed by atoms with Gasteiger partial charge >= 0.3 is 11.7 Å². The van der Waals surface area contributed by atoms with Gasteiger partial charge in [0.15, 0.2) is 17.7 Å². The Morgan fingerprint density at radius 2 is 1.85 bits per heavy atom. The van der Waals surface area contributed by atoms with E-state index in [1.54, 1.807) is 4.57 Å². The minimum atomic E-state index is -0.579. The fourth-order valence-corrected chi connectivity index (χ4v) is 3.64. The van der Waals surface area contributed by atoms with Crippen LogP contribution >= 0.6 is 0 Å². The molecule has 34 heavy (non-hydrogen) atoms. The molecule has 0 aliphatic carbocycles. The van der Waals surface area contributed by atoms with Crippen LogP contribution in [-0.2, 0) is 35.8 Å². The van der Waals surface area contributed by atoms with E-state index in [2.05, 4.69) is 25.4 Å². The number of aryl methyl sites for hydroxylation is 2. The molecule has 0 spiro atoms. The summed E-state index contributed by atoms with van der Waals surface area (Å²) in [6.45, 7) is 4.52. The van der Waals surface area contributed by atoms with Crippen LogP contribution in [0.3, 0.4) is 0 Å². The smallest absolute Gasteiger partial charge is 0.330 e. The molecule has 12 heteroatoms. The number of nitrogens with zero attached hydrogens (tertiary/aromatic N) is 7. The van der Waals surface area contributed by atoms with Crippen molar-refractivity contribution >= 4 is 17.1 Å². The molecule has 0 radical (unpaired) electrons. The SMILES string of the molecule is CCCCn1c(=O)[nH]c(=O)c2c1nc(COC(=O)Cn1nnc(-c3ccccc3)n1)n2CCC. The molecule has 4 rings (SSSR count). The number of esters is 1. The van der Waals surface area contributed by atoms with Crippen molar-refractivity contribution in [1.82, 2.24) is 39.3 Å². The number of ether oxygens (including phenoxy) is 1. The lowest BCUT2D eigenvalue weighted by Gasteiger charge is -2.08. The molecule has 3 heterocycles. The van der Waals surface area contributed by atoms with Crippen molar-refractivity contribution < 1.29 is 9.53 Å². The van der Waals surface area contributed by atoms with E-state index in [1.807, 2.05) is 44.2 Å². The standard InChI is InChI=1S/C22H26N8O4/c1-3-5-12-29-20-18(21(32)24-22(29)33)28(11-4-2)16(23-20)14-34-17(31)13-30-26-19(25-27-30)15-9-7-6-8-10-15/h6-10H,3-5,11-14H2,1-2H3,(H,24,32,33). The number of fused-ring (bicyclic) bond motifs is 1. The van der Waals surface area contributed by atoms with E-state index in [-0.39, 0.29) is 13.2 Å². The minimum absolute atomic E-state index is 0.158. The van der Waals surface area contributed by atoms with Gasteiger partial charge in [-0.1, -0.05) is 50.6 Å². The summed E-state index contributed by atoms with van der Waals surface area (Å²) in [4.78, 5) is 45.4. The number of nitrogens with one attached hydrogen (secondary N) is 1. The van der Waals surface area contributed by atoms with Gasteiger partial charge < -0.3 is 9.30 Å². The van der Waals surface area contributed by atoms with Crippen molar-refractivity contribution in [1.29, 1.82) is 0 Å². The highest BCUT2D eigenvalue weighted by atomic mass is 16.5. The number of imidazole rings is 1. The molecule has 0 aliphatic heterocycles. The van der Waals surface area contributed by atoms with Crippen molar-refractivity contribution in [2.75, 3.05) is 0 Å². The molecule has 0 saturated heterocycles. The Morgan fingerprint density at radius 3 is 2.59 bits per heavy atom. The summed E-state index contributed by atoms with van der Waals surface area (Å²) in [6.07, 6.45) is 2.38. The van der Waals surface area contributed by atoms with Gasteiger partial charge in [-0.15, -0.1) is 10.2 Å². The van der Waals surface area contributed by atoms with E-state index in [9.17, 15) is 14.4 Å². The van der Waals surface area contributed by atoms with Crippen LogP contribution in [0.15, 0.2) is 39.9 Å². The molecule has 0 aliphatic rings. The molecule has 1 aromatic carbocycles. The Kier molecular flexibility index (Phi) is 6.95. The molecule has 3 aromatic heterocycles. The van der Waals surface area contributed by atoms with Crippen LogP contribution in [0.25, 0.3) is 22.6 Å². The highest BCUT2D eigenvalue weighted by molar-refractivity contribution is 5.71.